The maximum Gasteiger partial charge on any atom is 0.261 e. The summed E-state index contributed by atoms with van der Waals surface area (Å²) in [5.74, 6) is 0. The Bertz CT molecular complexity index is 874. The summed E-state index contributed by atoms with van der Waals surface area (Å²) >= 11 is 0. The summed E-state index contributed by atoms with van der Waals surface area (Å²) in [4.78, 5) is 2.54. The highest BCUT2D eigenvalue weighted by Crippen LogP contribution is 2.27. The average molecular weight is 358 g/mol. The molecule has 4 rings (SSSR count). The molecule has 1 aliphatic heterocycles. The predicted molar refractivity (Wildman–Crippen MR) is 98.7 cm³/mol. The summed E-state index contributed by atoms with van der Waals surface area (Å²) in [7, 11) is -3.58. The topological polar surface area (TPSA) is 58.6 Å². The van der Waals surface area contributed by atoms with E-state index in [1.807, 2.05) is 30.3 Å². The Morgan fingerprint density at radius 3 is 2.60 bits per heavy atom. The van der Waals surface area contributed by atoms with E-state index in [-0.39, 0.29) is 0 Å². The highest BCUT2D eigenvalue weighted by atomic mass is 32.2. The van der Waals surface area contributed by atoms with Crippen molar-refractivity contribution in [2.75, 3.05) is 35.9 Å². The summed E-state index contributed by atoms with van der Waals surface area (Å²) in [6.07, 6.45) is 3.11. The molecule has 6 heteroatoms. The second kappa shape index (κ2) is 6.69. The highest BCUT2D eigenvalue weighted by Gasteiger charge is 2.19. The van der Waals surface area contributed by atoms with Crippen molar-refractivity contribution in [2.24, 2.45) is 0 Å². The molecule has 1 N–H and O–H groups in total. The molecule has 0 atom stereocenters. The van der Waals surface area contributed by atoms with Crippen LogP contribution in [-0.2, 0) is 27.6 Å². The summed E-state index contributed by atoms with van der Waals surface area (Å²) in [5, 5.41) is 0. The molecular formula is C19H22N2O3S. The number of anilines is 2. The van der Waals surface area contributed by atoms with Crippen LogP contribution < -0.4 is 9.62 Å². The molecule has 0 spiro atoms. The first-order valence-electron chi connectivity index (χ1n) is 8.69. The predicted octanol–water partition coefficient (Wildman–Crippen LogP) is 2.81. The van der Waals surface area contributed by atoms with Crippen LogP contribution in [0, 0.1) is 0 Å². The van der Waals surface area contributed by atoms with Crippen molar-refractivity contribution in [3.8, 4) is 0 Å². The van der Waals surface area contributed by atoms with Gasteiger partial charge in [0.25, 0.3) is 10.0 Å². The Kier molecular flexibility index (Phi) is 4.39. The van der Waals surface area contributed by atoms with Gasteiger partial charge in [0.2, 0.25) is 0 Å². The number of nitrogens with one attached hydrogen (secondary N) is 1. The molecule has 2 aromatic rings. The van der Waals surface area contributed by atoms with E-state index in [1.54, 1.807) is 12.1 Å². The Morgan fingerprint density at radius 1 is 0.960 bits per heavy atom. The van der Waals surface area contributed by atoms with Crippen LogP contribution >= 0.6 is 0 Å². The molecule has 2 aliphatic rings. The van der Waals surface area contributed by atoms with Crippen molar-refractivity contribution in [3.63, 3.8) is 0 Å². The number of sulfonamides is 1. The molecule has 1 aliphatic carbocycles. The summed E-state index contributed by atoms with van der Waals surface area (Å²) in [6.45, 7) is 3.04. The minimum atomic E-state index is -3.58. The number of morpholine rings is 1. The fourth-order valence-corrected chi connectivity index (χ4v) is 4.62. The molecule has 1 fully saturated rings. The van der Waals surface area contributed by atoms with Gasteiger partial charge in [-0.15, -0.1) is 0 Å². The quantitative estimate of drug-likeness (QED) is 0.913. The molecule has 132 valence electrons. The molecule has 0 radical (unpaired) electrons. The highest BCUT2D eigenvalue weighted by molar-refractivity contribution is 7.92. The number of ether oxygens (including phenoxy) is 1. The second-order valence-corrected chi connectivity index (χ2v) is 8.22. The number of hydrogen-bond donors (Lipinski definition) is 1. The van der Waals surface area contributed by atoms with Gasteiger partial charge in [0.1, 0.15) is 0 Å². The van der Waals surface area contributed by atoms with Crippen molar-refractivity contribution in [2.45, 2.75) is 24.2 Å². The lowest BCUT2D eigenvalue weighted by atomic mass is 10.1. The number of hydrogen-bond acceptors (Lipinski definition) is 4. The van der Waals surface area contributed by atoms with Gasteiger partial charge in [-0.05, 0) is 60.7 Å². The molecule has 25 heavy (non-hydrogen) atoms. The van der Waals surface area contributed by atoms with E-state index in [0.717, 1.165) is 43.6 Å². The van der Waals surface area contributed by atoms with Gasteiger partial charge in [-0.25, -0.2) is 8.42 Å². The molecule has 1 heterocycles. The third-order valence-corrected chi connectivity index (χ3v) is 6.23. The zero-order chi connectivity index (χ0) is 17.3. The molecule has 0 saturated carbocycles. The molecule has 0 bridgehead atoms. The third-order valence-electron chi connectivity index (χ3n) is 4.85. The van der Waals surface area contributed by atoms with Gasteiger partial charge in [-0.3, -0.25) is 4.72 Å². The lowest BCUT2D eigenvalue weighted by molar-refractivity contribution is 0.122. The van der Waals surface area contributed by atoms with Gasteiger partial charge in [-0.1, -0.05) is 12.1 Å². The molecule has 1 saturated heterocycles. The van der Waals surface area contributed by atoms with E-state index >= 15 is 0 Å². The lowest BCUT2D eigenvalue weighted by Gasteiger charge is -2.29. The maximum atomic E-state index is 12.7. The summed E-state index contributed by atoms with van der Waals surface area (Å²) in [5.41, 5.74) is 4.03. The number of nitrogens with zero attached hydrogens (tertiary/aromatic N) is 1. The molecule has 0 aromatic heterocycles. The van der Waals surface area contributed by atoms with E-state index in [2.05, 4.69) is 9.62 Å². The monoisotopic (exact) mass is 358 g/mol. The van der Waals surface area contributed by atoms with E-state index < -0.39 is 10.0 Å². The van der Waals surface area contributed by atoms with Crippen molar-refractivity contribution in [1.82, 2.24) is 0 Å². The minimum Gasteiger partial charge on any atom is -0.378 e. The lowest BCUT2D eigenvalue weighted by Crippen LogP contribution is -2.36. The SMILES string of the molecule is O=S(=O)(Nc1cccc(N2CCOCC2)c1)c1ccc2c(c1)CCC2. The van der Waals surface area contributed by atoms with Crippen LogP contribution in [0.4, 0.5) is 11.4 Å². The van der Waals surface area contributed by atoms with Crippen LogP contribution in [0.15, 0.2) is 47.4 Å². The molecule has 0 unspecified atom stereocenters. The van der Waals surface area contributed by atoms with Gasteiger partial charge < -0.3 is 9.64 Å². The van der Waals surface area contributed by atoms with E-state index in [4.69, 9.17) is 4.74 Å². The van der Waals surface area contributed by atoms with Crippen molar-refractivity contribution in [3.05, 3.63) is 53.6 Å². The van der Waals surface area contributed by atoms with Gasteiger partial charge in [0.15, 0.2) is 0 Å². The molecule has 0 amide bonds. The Balaban J connectivity index is 1.56. The first kappa shape index (κ1) is 16.4. The van der Waals surface area contributed by atoms with Crippen LogP contribution in [0.25, 0.3) is 0 Å². The van der Waals surface area contributed by atoms with E-state index in [1.165, 1.54) is 5.56 Å². The number of fused-ring (bicyclic) bond motifs is 1. The van der Waals surface area contributed by atoms with Crippen LogP contribution in [-0.4, -0.2) is 34.7 Å². The fourth-order valence-electron chi connectivity index (χ4n) is 3.52. The van der Waals surface area contributed by atoms with Gasteiger partial charge in [0.05, 0.1) is 23.8 Å². The zero-order valence-corrected chi connectivity index (χ0v) is 14.9. The maximum absolute atomic E-state index is 12.7. The third kappa shape index (κ3) is 3.50. The summed E-state index contributed by atoms with van der Waals surface area (Å²) < 4.78 is 33.6. The fraction of sp³-hybridized carbons (Fsp3) is 0.368. The smallest absolute Gasteiger partial charge is 0.261 e. The van der Waals surface area contributed by atoms with Gasteiger partial charge >= 0.3 is 0 Å². The second-order valence-electron chi connectivity index (χ2n) is 6.54. The molecule has 2 aromatic carbocycles. The van der Waals surface area contributed by atoms with Crippen LogP contribution in [0.2, 0.25) is 0 Å². The largest absolute Gasteiger partial charge is 0.378 e. The van der Waals surface area contributed by atoms with Crippen molar-refractivity contribution < 1.29 is 13.2 Å². The van der Waals surface area contributed by atoms with E-state index in [9.17, 15) is 8.42 Å². The minimum absolute atomic E-state index is 0.338. The zero-order valence-electron chi connectivity index (χ0n) is 14.1. The van der Waals surface area contributed by atoms with Crippen LogP contribution in [0.1, 0.15) is 17.5 Å². The Morgan fingerprint density at radius 2 is 1.76 bits per heavy atom. The molecular weight excluding hydrogens is 336 g/mol. The number of aryl methyl sites for hydroxylation is 2. The number of benzene rings is 2. The van der Waals surface area contributed by atoms with Crippen LogP contribution in [0.3, 0.4) is 0 Å². The Hall–Kier alpha value is -2.05. The standard InChI is InChI=1S/C19H22N2O3S/c22-25(23,19-8-7-15-3-1-4-16(15)13-19)20-17-5-2-6-18(14-17)21-9-11-24-12-10-21/h2,5-8,13-14,20H,1,3-4,9-12H2. The van der Waals surface area contributed by atoms with Gasteiger partial charge in [-0.2, -0.15) is 0 Å². The van der Waals surface area contributed by atoms with Crippen LogP contribution in [0.5, 0.6) is 0 Å². The first-order chi connectivity index (χ1) is 12.1. The normalized spacial score (nSPS) is 17.4. The van der Waals surface area contributed by atoms with Gasteiger partial charge in [0, 0.05) is 18.8 Å². The Labute approximate surface area is 148 Å². The van der Waals surface area contributed by atoms with Crippen molar-refractivity contribution in [1.29, 1.82) is 0 Å². The molecule has 5 nitrogen and oxygen atoms in total. The number of rotatable bonds is 4. The van der Waals surface area contributed by atoms with Crippen molar-refractivity contribution >= 4 is 21.4 Å². The average Bonchev–Trinajstić information content (AvgIpc) is 3.10. The van der Waals surface area contributed by atoms with E-state index in [0.29, 0.717) is 23.8 Å². The first-order valence-corrected chi connectivity index (χ1v) is 10.2. The summed E-state index contributed by atoms with van der Waals surface area (Å²) in [6, 6.07) is 13.0.